The molecule has 3 rings (SSSR count). The van der Waals surface area contributed by atoms with Crippen molar-refractivity contribution in [3.05, 3.63) is 96.3 Å². The third kappa shape index (κ3) is 9.81. The van der Waals surface area contributed by atoms with E-state index in [1.165, 1.54) is 6.08 Å². The molecule has 224 valence electrons. The first kappa shape index (κ1) is 32.5. The van der Waals surface area contributed by atoms with E-state index in [0.717, 1.165) is 42.0 Å². The molecule has 0 saturated heterocycles. The lowest BCUT2D eigenvalue weighted by atomic mass is 10.1. The zero-order valence-corrected chi connectivity index (χ0v) is 24.4. The number of halogens is 3. The number of methoxy groups -OCH3 is 1. The fourth-order valence-electron chi connectivity index (χ4n) is 4.25. The van der Waals surface area contributed by atoms with Crippen molar-refractivity contribution in [1.82, 2.24) is 4.98 Å². The summed E-state index contributed by atoms with van der Waals surface area (Å²) in [6, 6.07) is 11.4. The summed E-state index contributed by atoms with van der Waals surface area (Å²) in [4.78, 5) is 16.0. The number of hydrogen-bond acceptors (Lipinski definition) is 7. The molecule has 42 heavy (non-hydrogen) atoms. The zero-order chi connectivity index (χ0) is 30.4. The van der Waals surface area contributed by atoms with Crippen LogP contribution < -0.4 is 10.2 Å². The molecule has 10 heteroatoms. The fourth-order valence-corrected chi connectivity index (χ4v) is 4.25. The average molecular weight is 582 g/mol. The largest absolute Gasteiger partial charge is 0.522 e. The molecule has 0 radical (unpaired) electrons. The van der Waals surface area contributed by atoms with Gasteiger partial charge in [-0.05, 0) is 62.6 Å². The van der Waals surface area contributed by atoms with Crippen molar-refractivity contribution in [2.45, 2.75) is 52.4 Å². The van der Waals surface area contributed by atoms with Crippen LogP contribution in [-0.4, -0.2) is 49.6 Å². The van der Waals surface area contributed by atoms with Gasteiger partial charge in [0.05, 0.1) is 59.2 Å². The van der Waals surface area contributed by atoms with Crippen molar-refractivity contribution < 1.29 is 22.6 Å². The molecule has 0 fully saturated rings. The van der Waals surface area contributed by atoms with Gasteiger partial charge in [-0.15, -0.1) is 13.2 Å². The number of nitrogens with zero attached hydrogens (tertiary/aromatic N) is 4. The number of hydrogen-bond donors (Lipinski definition) is 1. The first-order valence-electron chi connectivity index (χ1n) is 13.9. The van der Waals surface area contributed by atoms with E-state index in [1.807, 2.05) is 67.3 Å². The van der Waals surface area contributed by atoms with Crippen molar-refractivity contribution >= 4 is 29.0 Å². The Labute approximate surface area is 245 Å². The van der Waals surface area contributed by atoms with Crippen LogP contribution in [0, 0.1) is 0 Å². The Kier molecular flexibility index (Phi) is 12.7. The number of nitrogens with one attached hydrogen (secondary N) is 1. The van der Waals surface area contributed by atoms with Gasteiger partial charge in [-0.2, -0.15) is 0 Å². The summed E-state index contributed by atoms with van der Waals surface area (Å²) in [5.74, 6) is 0. The normalized spacial score (nSPS) is 16.3. The maximum Gasteiger partial charge on any atom is 0.522 e. The zero-order valence-electron chi connectivity index (χ0n) is 24.4. The Hall–Kier alpha value is -4.02. The highest BCUT2D eigenvalue weighted by molar-refractivity contribution is 6.14. The SMILES string of the molecule is C/C=C(\C=C/COC(F)(F)F)N1/C(=C/C(=NC(CC)CCOC)/C(=C\CC)Nc2cccnc2)C=Nc2ccccc21. The van der Waals surface area contributed by atoms with Gasteiger partial charge >= 0.3 is 6.36 Å². The van der Waals surface area contributed by atoms with Gasteiger partial charge in [0.15, 0.2) is 0 Å². The predicted octanol–water partition coefficient (Wildman–Crippen LogP) is 8.15. The summed E-state index contributed by atoms with van der Waals surface area (Å²) in [5.41, 5.74) is 5.18. The minimum atomic E-state index is -4.71. The molecule has 0 saturated carbocycles. The molecule has 1 aliphatic heterocycles. The minimum absolute atomic E-state index is 0.00498. The summed E-state index contributed by atoms with van der Waals surface area (Å²) in [6.45, 7) is 5.93. The van der Waals surface area contributed by atoms with Crippen LogP contribution in [0.15, 0.2) is 106 Å². The second-order valence-corrected chi connectivity index (χ2v) is 9.27. The minimum Gasteiger partial charge on any atom is -0.385 e. The topological polar surface area (TPSA) is 71.3 Å². The number of aliphatic imine (C=N–C) groups is 2. The molecule has 1 aromatic heterocycles. The fraction of sp³-hybridized carbons (Fsp3) is 0.344. The van der Waals surface area contributed by atoms with E-state index in [1.54, 1.807) is 31.8 Å². The third-order valence-corrected chi connectivity index (χ3v) is 6.26. The number of rotatable bonds is 14. The number of alkyl halides is 3. The first-order chi connectivity index (χ1) is 20.3. The molecule has 0 spiro atoms. The Morgan fingerprint density at radius 3 is 2.64 bits per heavy atom. The van der Waals surface area contributed by atoms with Crippen LogP contribution >= 0.6 is 0 Å². The lowest BCUT2D eigenvalue weighted by Gasteiger charge is -2.31. The Balaban J connectivity index is 2.13. The van der Waals surface area contributed by atoms with Gasteiger partial charge in [0.2, 0.25) is 0 Å². The van der Waals surface area contributed by atoms with E-state index in [-0.39, 0.29) is 6.04 Å². The van der Waals surface area contributed by atoms with Gasteiger partial charge in [-0.25, -0.2) is 0 Å². The molecule has 1 aliphatic rings. The molecule has 1 N–H and O–H groups in total. The average Bonchev–Trinajstić information content (AvgIpc) is 2.98. The summed E-state index contributed by atoms with van der Waals surface area (Å²) in [5, 5.41) is 3.47. The Bertz CT molecular complexity index is 1330. The summed E-state index contributed by atoms with van der Waals surface area (Å²) < 4.78 is 47.0. The number of anilines is 2. The highest BCUT2D eigenvalue weighted by Crippen LogP contribution is 2.37. The van der Waals surface area contributed by atoms with Gasteiger partial charge in [0, 0.05) is 25.6 Å². The standard InChI is InChI=1S/C32H38F3N5O2/c1-5-12-28(39-25-13-10-18-36-22-25)30(38-24(6-2)17-20-41-4)21-27-23-37-29-15-8-9-16-31(29)40(27)26(7-3)14-11-19-42-32(33,34)35/h7-16,18,21-24,39H,5-6,17,19-20H2,1-4H3/b14-11-,26-7+,27-21+,28-12+,38-30?. The van der Waals surface area contributed by atoms with Gasteiger partial charge in [-0.1, -0.05) is 44.2 Å². The smallest absolute Gasteiger partial charge is 0.385 e. The van der Waals surface area contributed by atoms with Crippen molar-refractivity contribution in [2.24, 2.45) is 9.98 Å². The number of para-hydroxylation sites is 2. The number of pyridine rings is 1. The van der Waals surface area contributed by atoms with Crippen molar-refractivity contribution in [2.75, 3.05) is 30.5 Å². The highest BCUT2D eigenvalue weighted by Gasteiger charge is 2.28. The highest BCUT2D eigenvalue weighted by atomic mass is 19.4. The van der Waals surface area contributed by atoms with E-state index >= 15 is 0 Å². The molecular formula is C32H38F3N5O2. The van der Waals surface area contributed by atoms with E-state index in [4.69, 9.17) is 9.73 Å². The molecule has 0 amide bonds. The summed E-state index contributed by atoms with van der Waals surface area (Å²) in [7, 11) is 1.67. The molecule has 1 unspecified atom stereocenters. The molecule has 0 bridgehead atoms. The van der Waals surface area contributed by atoms with E-state index < -0.39 is 13.0 Å². The molecule has 0 aliphatic carbocycles. The second kappa shape index (κ2) is 16.4. The van der Waals surface area contributed by atoms with E-state index in [2.05, 4.69) is 33.0 Å². The number of benzene rings is 1. The third-order valence-electron chi connectivity index (χ3n) is 6.26. The molecule has 1 atom stereocenters. The van der Waals surface area contributed by atoms with Crippen molar-refractivity contribution in [3.63, 3.8) is 0 Å². The molecule has 2 heterocycles. The molecular weight excluding hydrogens is 543 g/mol. The first-order valence-corrected chi connectivity index (χ1v) is 13.9. The molecule has 2 aromatic rings. The van der Waals surface area contributed by atoms with Crippen LogP contribution in [-0.2, 0) is 9.47 Å². The van der Waals surface area contributed by atoms with Gasteiger partial charge in [0.25, 0.3) is 0 Å². The van der Waals surface area contributed by atoms with E-state index in [9.17, 15) is 13.2 Å². The van der Waals surface area contributed by atoms with Crippen molar-refractivity contribution in [1.29, 1.82) is 0 Å². The number of fused-ring (bicyclic) bond motifs is 1. The maximum absolute atomic E-state index is 12.6. The van der Waals surface area contributed by atoms with Crippen LogP contribution in [0.4, 0.5) is 30.2 Å². The monoisotopic (exact) mass is 581 g/mol. The van der Waals surface area contributed by atoms with Gasteiger partial charge in [0.1, 0.15) is 0 Å². The van der Waals surface area contributed by atoms with Crippen LogP contribution in [0.3, 0.4) is 0 Å². The van der Waals surface area contributed by atoms with Gasteiger partial charge < -0.3 is 15.0 Å². The summed E-state index contributed by atoms with van der Waals surface area (Å²) >= 11 is 0. The van der Waals surface area contributed by atoms with E-state index in [0.29, 0.717) is 23.7 Å². The molecule has 1 aromatic carbocycles. The molecule has 7 nitrogen and oxygen atoms in total. The van der Waals surface area contributed by atoms with Crippen LogP contribution in [0.2, 0.25) is 0 Å². The van der Waals surface area contributed by atoms with Crippen molar-refractivity contribution in [3.8, 4) is 0 Å². The van der Waals surface area contributed by atoms with Crippen LogP contribution in [0.25, 0.3) is 0 Å². The second-order valence-electron chi connectivity index (χ2n) is 9.27. The Morgan fingerprint density at radius 1 is 1.17 bits per heavy atom. The quantitative estimate of drug-likeness (QED) is 0.180. The maximum atomic E-state index is 12.6. The van der Waals surface area contributed by atoms with Crippen LogP contribution in [0.1, 0.15) is 40.0 Å². The lowest BCUT2D eigenvalue weighted by Crippen LogP contribution is -2.26. The number of aromatic nitrogens is 1. The summed E-state index contributed by atoms with van der Waals surface area (Å²) in [6.07, 6.45) is 11.6. The predicted molar refractivity (Wildman–Crippen MR) is 164 cm³/mol. The number of ether oxygens (including phenoxy) is 2. The number of allylic oxidation sites excluding steroid dienone is 5. The Morgan fingerprint density at radius 2 is 1.98 bits per heavy atom. The lowest BCUT2D eigenvalue weighted by molar-refractivity contribution is -0.319. The van der Waals surface area contributed by atoms with Crippen LogP contribution in [0.5, 0.6) is 0 Å². The van der Waals surface area contributed by atoms with Gasteiger partial charge in [-0.3, -0.25) is 19.7 Å².